The fourth-order valence-corrected chi connectivity index (χ4v) is 4.48. The zero-order chi connectivity index (χ0) is 13.3. The van der Waals surface area contributed by atoms with Crippen LogP contribution in [-0.2, 0) is 16.3 Å². The molecule has 18 heavy (non-hydrogen) atoms. The first kappa shape index (κ1) is 14.1. The van der Waals surface area contributed by atoms with E-state index in [1.54, 1.807) is 12.1 Å². The standard InChI is InChI=1S/C12H15Cl2NO2S/c13-10-2-1-8(5-11(10)14)6-12(15)9-3-4-18(16,17)7-9/h1-2,5,9,12H,3-4,6-7,15H2. The van der Waals surface area contributed by atoms with Crippen LogP contribution in [0.15, 0.2) is 18.2 Å². The van der Waals surface area contributed by atoms with Gasteiger partial charge < -0.3 is 5.73 Å². The second-order valence-corrected chi connectivity index (χ2v) is 7.82. The molecule has 0 saturated carbocycles. The van der Waals surface area contributed by atoms with Gasteiger partial charge in [0.1, 0.15) is 0 Å². The van der Waals surface area contributed by atoms with Gasteiger partial charge in [-0.3, -0.25) is 0 Å². The fraction of sp³-hybridized carbons (Fsp3) is 0.500. The van der Waals surface area contributed by atoms with Gasteiger partial charge in [-0.25, -0.2) is 8.42 Å². The van der Waals surface area contributed by atoms with Crippen LogP contribution in [0.3, 0.4) is 0 Å². The Kier molecular flexibility index (Phi) is 4.22. The number of rotatable bonds is 3. The highest BCUT2D eigenvalue weighted by atomic mass is 35.5. The van der Waals surface area contributed by atoms with Gasteiger partial charge in [0, 0.05) is 6.04 Å². The summed E-state index contributed by atoms with van der Waals surface area (Å²) in [5, 5.41) is 1.01. The van der Waals surface area contributed by atoms with Crippen molar-refractivity contribution in [3.63, 3.8) is 0 Å². The quantitative estimate of drug-likeness (QED) is 0.932. The smallest absolute Gasteiger partial charge is 0.150 e. The molecule has 0 spiro atoms. The van der Waals surface area contributed by atoms with Crippen molar-refractivity contribution in [2.24, 2.45) is 11.7 Å². The topological polar surface area (TPSA) is 60.2 Å². The summed E-state index contributed by atoms with van der Waals surface area (Å²) in [5.41, 5.74) is 7.07. The molecular formula is C12H15Cl2NO2S. The van der Waals surface area contributed by atoms with E-state index in [-0.39, 0.29) is 23.5 Å². The van der Waals surface area contributed by atoms with E-state index in [0.717, 1.165) is 5.56 Å². The van der Waals surface area contributed by atoms with E-state index in [0.29, 0.717) is 22.9 Å². The van der Waals surface area contributed by atoms with Crippen LogP contribution in [-0.4, -0.2) is 26.0 Å². The Labute approximate surface area is 117 Å². The number of nitrogens with two attached hydrogens (primary N) is 1. The lowest BCUT2D eigenvalue weighted by molar-refractivity contribution is 0.461. The van der Waals surface area contributed by atoms with Gasteiger partial charge in [0.25, 0.3) is 0 Å². The molecule has 3 nitrogen and oxygen atoms in total. The van der Waals surface area contributed by atoms with Gasteiger partial charge in [-0.15, -0.1) is 0 Å². The van der Waals surface area contributed by atoms with Crippen LogP contribution in [0.5, 0.6) is 0 Å². The largest absolute Gasteiger partial charge is 0.327 e. The van der Waals surface area contributed by atoms with Gasteiger partial charge in [0.05, 0.1) is 21.6 Å². The maximum absolute atomic E-state index is 11.4. The molecule has 2 atom stereocenters. The van der Waals surface area contributed by atoms with E-state index in [9.17, 15) is 8.42 Å². The van der Waals surface area contributed by atoms with Gasteiger partial charge in [0.2, 0.25) is 0 Å². The maximum atomic E-state index is 11.4. The molecule has 1 saturated heterocycles. The van der Waals surface area contributed by atoms with E-state index in [2.05, 4.69) is 0 Å². The monoisotopic (exact) mass is 307 g/mol. The Bertz CT molecular complexity index is 545. The molecule has 2 rings (SSSR count). The van der Waals surface area contributed by atoms with E-state index in [4.69, 9.17) is 28.9 Å². The van der Waals surface area contributed by atoms with Crippen LogP contribution in [0.4, 0.5) is 0 Å². The predicted molar refractivity (Wildman–Crippen MR) is 74.9 cm³/mol. The molecule has 0 bridgehead atoms. The summed E-state index contributed by atoms with van der Waals surface area (Å²) in [5.74, 6) is 0.506. The van der Waals surface area contributed by atoms with Crippen LogP contribution in [0.2, 0.25) is 10.0 Å². The summed E-state index contributed by atoms with van der Waals surface area (Å²) < 4.78 is 22.8. The minimum absolute atomic E-state index is 0.0458. The summed E-state index contributed by atoms with van der Waals surface area (Å²) in [7, 11) is -2.87. The summed E-state index contributed by atoms with van der Waals surface area (Å²) in [6.07, 6.45) is 1.28. The first-order valence-electron chi connectivity index (χ1n) is 5.77. The Morgan fingerprint density at radius 3 is 2.61 bits per heavy atom. The minimum Gasteiger partial charge on any atom is -0.327 e. The predicted octanol–water partition coefficient (Wildman–Crippen LogP) is 2.30. The third-order valence-electron chi connectivity index (χ3n) is 3.33. The third kappa shape index (κ3) is 3.38. The molecule has 0 amide bonds. The molecule has 6 heteroatoms. The number of sulfone groups is 1. The molecular weight excluding hydrogens is 293 g/mol. The molecule has 0 aliphatic carbocycles. The summed E-state index contributed by atoms with van der Waals surface area (Å²) in [4.78, 5) is 0. The van der Waals surface area contributed by atoms with Gasteiger partial charge in [-0.05, 0) is 36.5 Å². The van der Waals surface area contributed by atoms with E-state index in [1.807, 2.05) is 6.07 Å². The molecule has 1 aliphatic rings. The van der Waals surface area contributed by atoms with Gasteiger partial charge in [-0.1, -0.05) is 29.3 Å². The van der Waals surface area contributed by atoms with Crippen LogP contribution >= 0.6 is 23.2 Å². The molecule has 0 radical (unpaired) electrons. The summed E-state index contributed by atoms with van der Waals surface area (Å²) in [6.45, 7) is 0. The van der Waals surface area contributed by atoms with Crippen molar-refractivity contribution in [2.75, 3.05) is 11.5 Å². The molecule has 1 aromatic rings. The highest BCUT2D eigenvalue weighted by molar-refractivity contribution is 7.91. The van der Waals surface area contributed by atoms with Crippen molar-refractivity contribution < 1.29 is 8.42 Å². The van der Waals surface area contributed by atoms with Crippen molar-refractivity contribution in [3.05, 3.63) is 33.8 Å². The second kappa shape index (κ2) is 5.37. The summed E-state index contributed by atoms with van der Waals surface area (Å²) >= 11 is 11.8. The molecule has 2 unspecified atom stereocenters. The van der Waals surface area contributed by atoms with E-state index in [1.165, 1.54) is 0 Å². The van der Waals surface area contributed by atoms with E-state index >= 15 is 0 Å². The number of hydrogen-bond donors (Lipinski definition) is 1. The molecule has 1 aromatic carbocycles. The molecule has 0 aromatic heterocycles. The highest BCUT2D eigenvalue weighted by Gasteiger charge is 2.31. The number of benzene rings is 1. The molecule has 1 aliphatic heterocycles. The lowest BCUT2D eigenvalue weighted by Gasteiger charge is -2.17. The van der Waals surface area contributed by atoms with E-state index < -0.39 is 9.84 Å². The Morgan fingerprint density at radius 2 is 2.06 bits per heavy atom. The molecule has 1 fully saturated rings. The first-order chi connectivity index (χ1) is 8.37. The third-order valence-corrected chi connectivity index (χ3v) is 5.86. The number of hydrogen-bond acceptors (Lipinski definition) is 3. The SMILES string of the molecule is NC(Cc1ccc(Cl)c(Cl)c1)C1CCS(=O)(=O)C1. The second-order valence-electron chi connectivity index (χ2n) is 4.78. The maximum Gasteiger partial charge on any atom is 0.150 e. The zero-order valence-electron chi connectivity index (χ0n) is 9.77. The van der Waals surface area contributed by atoms with Gasteiger partial charge in [0.15, 0.2) is 9.84 Å². The van der Waals surface area contributed by atoms with Gasteiger partial charge >= 0.3 is 0 Å². The van der Waals surface area contributed by atoms with Crippen LogP contribution in [0.25, 0.3) is 0 Å². The zero-order valence-corrected chi connectivity index (χ0v) is 12.1. The Hall–Kier alpha value is -0.290. The Balaban J connectivity index is 2.03. The fourth-order valence-electron chi connectivity index (χ4n) is 2.27. The number of halogens is 2. The van der Waals surface area contributed by atoms with Crippen LogP contribution in [0, 0.1) is 5.92 Å². The van der Waals surface area contributed by atoms with Gasteiger partial charge in [-0.2, -0.15) is 0 Å². The molecule has 2 N–H and O–H groups in total. The molecule has 100 valence electrons. The Morgan fingerprint density at radius 1 is 1.33 bits per heavy atom. The first-order valence-corrected chi connectivity index (χ1v) is 8.35. The lowest BCUT2D eigenvalue weighted by Crippen LogP contribution is -2.33. The molecule has 1 heterocycles. The average Bonchev–Trinajstić information content (AvgIpc) is 2.64. The van der Waals surface area contributed by atoms with Crippen molar-refractivity contribution in [2.45, 2.75) is 18.9 Å². The van der Waals surface area contributed by atoms with Crippen LogP contribution < -0.4 is 5.73 Å². The van der Waals surface area contributed by atoms with Crippen molar-refractivity contribution in [1.29, 1.82) is 0 Å². The van der Waals surface area contributed by atoms with Crippen molar-refractivity contribution >= 4 is 33.0 Å². The van der Waals surface area contributed by atoms with Crippen molar-refractivity contribution in [3.8, 4) is 0 Å². The normalized spacial score (nSPS) is 24.1. The van der Waals surface area contributed by atoms with Crippen molar-refractivity contribution in [1.82, 2.24) is 0 Å². The average molecular weight is 308 g/mol. The highest BCUT2D eigenvalue weighted by Crippen LogP contribution is 2.26. The summed E-state index contributed by atoms with van der Waals surface area (Å²) in [6, 6.07) is 5.24. The van der Waals surface area contributed by atoms with Crippen LogP contribution in [0.1, 0.15) is 12.0 Å². The minimum atomic E-state index is -2.87. The lowest BCUT2D eigenvalue weighted by atomic mass is 9.94.